The average Bonchev–Trinajstić information content (AvgIpc) is 2.44. The summed E-state index contributed by atoms with van der Waals surface area (Å²) in [5, 5.41) is 12.8. The molecule has 2 aromatic rings. The number of hydrogen-bond donors (Lipinski definition) is 2. The van der Waals surface area contributed by atoms with Gasteiger partial charge in [0.15, 0.2) is 0 Å². The summed E-state index contributed by atoms with van der Waals surface area (Å²) in [5.74, 6) is 0.298. The van der Waals surface area contributed by atoms with E-state index >= 15 is 0 Å². The molecule has 0 atom stereocenters. The van der Waals surface area contributed by atoms with Crippen LogP contribution in [0.4, 0.5) is 4.39 Å². The van der Waals surface area contributed by atoms with Gasteiger partial charge in [0.1, 0.15) is 11.6 Å². The minimum atomic E-state index is -0.366. The zero-order chi connectivity index (χ0) is 15.2. The van der Waals surface area contributed by atoms with Crippen molar-refractivity contribution < 1.29 is 14.2 Å². The lowest BCUT2D eigenvalue weighted by Gasteiger charge is -2.13. The molecule has 0 unspecified atom stereocenters. The highest BCUT2D eigenvalue weighted by Gasteiger charge is 2.07. The maximum absolute atomic E-state index is 13.1. The van der Waals surface area contributed by atoms with Crippen LogP contribution in [0, 0.1) is 5.82 Å². The topological polar surface area (TPSA) is 54.4 Å². The second kappa shape index (κ2) is 7.04. The molecule has 0 saturated heterocycles. The van der Waals surface area contributed by atoms with E-state index in [0.29, 0.717) is 24.5 Å². The van der Waals surface area contributed by atoms with Gasteiger partial charge in [-0.05, 0) is 38.1 Å². The molecule has 0 spiro atoms. The third-order valence-corrected chi connectivity index (χ3v) is 2.87. The second-order valence-electron chi connectivity index (χ2n) is 5.01. The van der Waals surface area contributed by atoms with E-state index in [4.69, 9.17) is 4.74 Å². The van der Waals surface area contributed by atoms with Gasteiger partial charge in [-0.15, -0.1) is 0 Å². The molecule has 5 heteroatoms. The molecule has 1 aromatic heterocycles. The van der Waals surface area contributed by atoms with Crippen molar-refractivity contribution in [1.82, 2.24) is 10.3 Å². The number of pyridine rings is 1. The minimum absolute atomic E-state index is 0.0471. The highest BCUT2D eigenvalue weighted by atomic mass is 19.1. The molecule has 4 nitrogen and oxygen atoms in total. The van der Waals surface area contributed by atoms with Crippen molar-refractivity contribution in [3.63, 3.8) is 0 Å². The summed E-state index contributed by atoms with van der Waals surface area (Å²) in [6.07, 6.45) is 1.73. The van der Waals surface area contributed by atoms with E-state index in [2.05, 4.69) is 10.3 Å². The number of aromatic hydroxyl groups is 1. The van der Waals surface area contributed by atoms with E-state index in [1.54, 1.807) is 6.20 Å². The smallest absolute Gasteiger partial charge is 0.218 e. The molecule has 112 valence electrons. The Kier molecular flexibility index (Phi) is 5.11. The van der Waals surface area contributed by atoms with Gasteiger partial charge in [-0.3, -0.25) is 0 Å². The number of rotatable bonds is 6. The number of aromatic nitrogens is 1. The molecule has 0 fully saturated rings. The van der Waals surface area contributed by atoms with Gasteiger partial charge in [-0.1, -0.05) is 6.07 Å². The third kappa shape index (κ3) is 4.43. The van der Waals surface area contributed by atoms with Crippen LogP contribution in [0.2, 0.25) is 0 Å². The summed E-state index contributed by atoms with van der Waals surface area (Å²) >= 11 is 0. The highest BCUT2D eigenvalue weighted by Crippen LogP contribution is 2.19. The average molecular weight is 290 g/mol. The van der Waals surface area contributed by atoms with Crippen LogP contribution in [-0.4, -0.2) is 16.2 Å². The van der Waals surface area contributed by atoms with Crippen molar-refractivity contribution in [2.24, 2.45) is 0 Å². The van der Waals surface area contributed by atoms with E-state index in [-0.39, 0.29) is 17.7 Å². The van der Waals surface area contributed by atoms with Crippen LogP contribution in [0.1, 0.15) is 25.0 Å². The first-order chi connectivity index (χ1) is 10.1. The van der Waals surface area contributed by atoms with Crippen LogP contribution in [-0.2, 0) is 13.1 Å². The van der Waals surface area contributed by atoms with E-state index in [1.165, 1.54) is 18.2 Å². The summed E-state index contributed by atoms with van der Waals surface area (Å²) < 4.78 is 18.8. The summed E-state index contributed by atoms with van der Waals surface area (Å²) in [7, 11) is 0. The molecule has 0 radical (unpaired) electrons. The van der Waals surface area contributed by atoms with Gasteiger partial charge in [0, 0.05) is 30.4 Å². The Morgan fingerprint density at radius 3 is 2.76 bits per heavy atom. The van der Waals surface area contributed by atoms with Crippen LogP contribution in [0.3, 0.4) is 0 Å². The zero-order valence-electron chi connectivity index (χ0n) is 12.1. The molecule has 1 heterocycles. The fraction of sp³-hybridized carbons (Fsp3) is 0.312. The summed E-state index contributed by atoms with van der Waals surface area (Å²) in [5.41, 5.74) is 1.44. The number of nitrogens with zero attached hydrogens (tertiary/aromatic N) is 1. The van der Waals surface area contributed by atoms with Gasteiger partial charge in [-0.25, -0.2) is 9.37 Å². The minimum Gasteiger partial charge on any atom is -0.508 e. The zero-order valence-corrected chi connectivity index (χ0v) is 12.1. The van der Waals surface area contributed by atoms with Crippen LogP contribution in [0.5, 0.6) is 11.6 Å². The molecular weight excluding hydrogens is 271 g/mol. The molecule has 0 aliphatic rings. The molecule has 2 N–H and O–H groups in total. The largest absolute Gasteiger partial charge is 0.508 e. The van der Waals surface area contributed by atoms with Crippen molar-refractivity contribution in [2.45, 2.75) is 33.0 Å². The first-order valence-electron chi connectivity index (χ1n) is 6.85. The van der Waals surface area contributed by atoms with Crippen molar-refractivity contribution in [1.29, 1.82) is 0 Å². The number of phenols is 1. The first kappa shape index (κ1) is 15.3. The maximum atomic E-state index is 13.1. The number of benzene rings is 1. The van der Waals surface area contributed by atoms with Crippen LogP contribution in [0.15, 0.2) is 36.5 Å². The predicted molar refractivity (Wildman–Crippen MR) is 78.6 cm³/mol. The van der Waals surface area contributed by atoms with Crippen LogP contribution < -0.4 is 10.1 Å². The summed E-state index contributed by atoms with van der Waals surface area (Å²) in [6.45, 7) is 4.76. The van der Waals surface area contributed by atoms with E-state index < -0.39 is 0 Å². The van der Waals surface area contributed by atoms with Gasteiger partial charge in [0.25, 0.3) is 0 Å². The van der Waals surface area contributed by atoms with Gasteiger partial charge >= 0.3 is 0 Å². The maximum Gasteiger partial charge on any atom is 0.218 e. The molecule has 2 rings (SSSR count). The predicted octanol–water partition coefficient (Wildman–Crippen LogP) is 3.00. The summed E-state index contributed by atoms with van der Waals surface area (Å²) in [4.78, 5) is 4.20. The second-order valence-corrected chi connectivity index (χ2v) is 5.01. The van der Waals surface area contributed by atoms with Gasteiger partial charge in [0.05, 0.1) is 6.10 Å². The van der Waals surface area contributed by atoms with Gasteiger partial charge in [0.2, 0.25) is 5.88 Å². The lowest BCUT2D eigenvalue weighted by molar-refractivity contribution is 0.229. The van der Waals surface area contributed by atoms with Gasteiger partial charge < -0.3 is 15.2 Å². The fourth-order valence-corrected chi connectivity index (χ4v) is 1.92. The van der Waals surface area contributed by atoms with E-state index in [0.717, 1.165) is 5.56 Å². The van der Waals surface area contributed by atoms with E-state index in [9.17, 15) is 9.50 Å². The summed E-state index contributed by atoms with van der Waals surface area (Å²) in [6, 6.07) is 7.66. The lowest BCUT2D eigenvalue weighted by Crippen LogP contribution is -2.16. The molecule has 0 aliphatic heterocycles. The molecule has 0 aliphatic carbocycles. The molecular formula is C16H19FN2O2. The number of ether oxygens (including phenoxy) is 1. The number of halogens is 1. The molecule has 0 bridgehead atoms. The third-order valence-electron chi connectivity index (χ3n) is 2.87. The van der Waals surface area contributed by atoms with Crippen molar-refractivity contribution >= 4 is 0 Å². The van der Waals surface area contributed by atoms with Crippen molar-refractivity contribution in [3.05, 3.63) is 53.5 Å². The van der Waals surface area contributed by atoms with Crippen molar-refractivity contribution in [2.75, 3.05) is 0 Å². The van der Waals surface area contributed by atoms with Crippen LogP contribution >= 0.6 is 0 Å². The Morgan fingerprint density at radius 1 is 1.24 bits per heavy atom. The Hall–Kier alpha value is -2.14. The Morgan fingerprint density at radius 2 is 2.00 bits per heavy atom. The quantitative estimate of drug-likeness (QED) is 0.858. The molecule has 1 aromatic carbocycles. The number of phenolic OH excluding ortho intramolecular Hbond substituents is 1. The lowest BCUT2D eigenvalue weighted by atomic mass is 10.2. The van der Waals surface area contributed by atoms with E-state index in [1.807, 2.05) is 26.0 Å². The SMILES string of the molecule is CC(C)Oc1ncccc1CNCc1cc(F)ccc1O. The Balaban J connectivity index is 1.99. The Labute approximate surface area is 123 Å². The molecule has 21 heavy (non-hydrogen) atoms. The fourth-order valence-electron chi connectivity index (χ4n) is 1.92. The van der Waals surface area contributed by atoms with Crippen LogP contribution in [0.25, 0.3) is 0 Å². The molecule has 0 saturated carbocycles. The number of hydrogen-bond acceptors (Lipinski definition) is 4. The van der Waals surface area contributed by atoms with Crippen molar-refractivity contribution in [3.8, 4) is 11.6 Å². The number of nitrogens with one attached hydrogen (secondary N) is 1. The molecule has 0 amide bonds. The highest BCUT2D eigenvalue weighted by molar-refractivity contribution is 5.32. The standard InChI is InChI=1S/C16H19FN2O2/c1-11(2)21-16-12(4-3-7-19-16)9-18-10-13-8-14(17)5-6-15(13)20/h3-8,11,18,20H,9-10H2,1-2H3. The normalized spacial score (nSPS) is 10.9. The monoisotopic (exact) mass is 290 g/mol. The van der Waals surface area contributed by atoms with Gasteiger partial charge in [-0.2, -0.15) is 0 Å². The first-order valence-corrected chi connectivity index (χ1v) is 6.85. The Bertz CT molecular complexity index is 603.